The van der Waals surface area contributed by atoms with Crippen molar-refractivity contribution in [1.82, 2.24) is 0 Å². The molecule has 358 valence electrons. The third-order valence-corrected chi connectivity index (χ3v) is 11.3. The predicted octanol–water partition coefficient (Wildman–Crippen LogP) is 9.35. The molecule has 0 radical (unpaired) electrons. The van der Waals surface area contributed by atoms with Crippen LogP contribution in [0, 0.1) is 5.92 Å². The van der Waals surface area contributed by atoms with Gasteiger partial charge in [0.25, 0.3) is 0 Å². The first-order valence-corrected chi connectivity index (χ1v) is 24.9. The maximum Gasteiger partial charge on any atom is 0.472 e. The molecule has 0 aromatic heterocycles. The molecule has 7 atom stereocenters. The second-order valence-corrected chi connectivity index (χ2v) is 18.8. The lowest BCUT2D eigenvalue weighted by Crippen LogP contribution is -2.43. The quantitative estimate of drug-likeness (QED) is 0.0153. The number of rotatable bonds is 37. The van der Waals surface area contributed by atoms with E-state index in [0.717, 1.165) is 64.2 Å². The van der Waals surface area contributed by atoms with Gasteiger partial charge in [-0.2, -0.15) is 0 Å². The highest BCUT2D eigenvalue weighted by Gasteiger charge is 2.35. The number of phosphoric ester groups is 1. The molecule has 1 aliphatic rings. The third kappa shape index (κ3) is 33.1. The van der Waals surface area contributed by atoms with Gasteiger partial charge < -0.3 is 38.9 Å². The summed E-state index contributed by atoms with van der Waals surface area (Å²) >= 11 is 0. The molecular formula is C48H85NO12P+. The highest BCUT2D eigenvalue weighted by Crippen LogP contribution is 2.43. The van der Waals surface area contributed by atoms with Gasteiger partial charge in [-0.3, -0.25) is 18.6 Å². The molecule has 0 aromatic rings. The summed E-state index contributed by atoms with van der Waals surface area (Å²) in [6.07, 6.45) is 33.1. The molecule has 0 aliphatic carbocycles. The van der Waals surface area contributed by atoms with Crippen LogP contribution in [0.15, 0.2) is 60.8 Å². The van der Waals surface area contributed by atoms with Crippen molar-refractivity contribution in [2.24, 2.45) is 5.92 Å². The minimum Gasteiger partial charge on any atom is -0.462 e. The molecule has 62 heavy (non-hydrogen) atoms. The van der Waals surface area contributed by atoms with Crippen LogP contribution in [0.2, 0.25) is 0 Å². The molecule has 13 nitrogen and oxygen atoms in total. The Morgan fingerprint density at radius 3 is 2.03 bits per heavy atom. The topological polar surface area (TPSA) is 178 Å². The molecule has 14 heteroatoms. The number of aliphatic hydroxyl groups is 3. The standard InChI is InChI=1S/C48H84NO12P/c1-6-8-10-11-12-13-14-15-16-17-18-19-20-21-22-23-28-32-46(52)57-39-42(40-59-62(55,56)58-37-36-49(3,4)5)60-47(53)33-29-25-24-27-31-43-44(51)38-48(54)61-45(43)35-34-41(50)30-26-9-7-2/h12-13,15-16,18-19,24,27,34-35,41-45,48,50-51,54H,6-11,14,17,20-23,25-26,28-33,36-40H2,1-5H3/p+1/b13-12-,16-15-,19-18-,27-24-,35-34+/t41-,42+,43-,44-,45+,48?/m0/s1. The van der Waals surface area contributed by atoms with E-state index in [4.69, 9.17) is 23.3 Å². The number of carbonyl (C=O) groups is 2. The monoisotopic (exact) mass is 899 g/mol. The zero-order valence-corrected chi connectivity index (χ0v) is 39.8. The van der Waals surface area contributed by atoms with Crippen LogP contribution in [0.4, 0.5) is 0 Å². The lowest BCUT2D eigenvalue weighted by atomic mass is 9.87. The molecule has 0 aromatic carbocycles. The number of allylic oxidation sites excluding steroid dienone is 8. The van der Waals surface area contributed by atoms with Crippen molar-refractivity contribution < 1.29 is 62.1 Å². The number of likely N-dealkylation sites (N-methyl/N-ethyl adjacent to an activating group) is 1. The number of unbranched alkanes of at least 4 members (excludes halogenated alkanes) is 10. The Bertz CT molecular complexity index is 1360. The Labute approximate surface area is 374 Å². The average Bonchev–Trinajstić information content (AvgIpc) is 3.20. The van der Waals surface area contributed by atoms with Gasteiger partial charge in [0.2, 0.25) is 0 Å². The number of phosphoric acid groups is 1. The molecule has 0 saturated carbocycles. The van der Waals surface area contributed by atoms with Crippen LogP contribution in [0.5, 0.6) is 0 Å². The highest BCUT2D eigenvalue weighted by molar-refractivity contribution is 7.47. The minimum atomic E-state index is -4.46. The summed E-state index contributed by atoms with van der Waals surface area (Å²) in [5.74, 6) is -1.34. The zero-order valence-electron chi connectivity index (χ0n) is 38.9. The van der Waals surface area contributed by atoms with Crippen molar-refractivity contribution in [2.75, 3.05) is 47.5 Å². The van der Waals surface area contributed by atoms with Crippen molar-refractivity contribution >= 4 is 19.8 Å². The number of nitrogens with zero attached hydrogens (tertiary/aromatic N) is 1. The second-order valence-electron chi connectivity index (χ2n) is 17.3. The van der Waals surface area contributed by atoms with E-state index in [2.05, 4.69) is 50.3 Å². The summed E-state index contributed by atoms with van der Waals surface area (Å²) in [7, 11) is 1.29. The fourth-order valence-corrected chi connectivity index (χ4v) is 7.27. The van der Waals surface area contributed by atoms with Gasteiger partial charge >= 0.3 is 19.8 Å². The van der Waals surface area contributed by atoms with E-state index >= 15 is 0 Å². The molecule has 1 heterocycles. The van der Waals surface area contributed by atoms with Crippen molar-refractivity contribution in [3.05, 3.63) is 60.8 Å². The van der Waals surface area contributed by atoms with Gasteiger partial charge in [-0.15, -0.1) is 0 Å². The number of quaternary nitrogens is 1. The van der Waals surface area contributed by atoms with Crippen LogP contribution in [-0.4, -0.2) is 115 Å². The number of aliphatic hydroxyl groups excluding tert-OH is 3. The van der Waals surface area contributed by atoms with E-state index in [1.165, 1.54) is 19.3 Å². The van der Waals surface area contributed by atoms with Crippen LogP contribution in [0.1, 0.15) is 149 Å². The average molecular weight is 899 g/mol. The second kappa shape index (κ2) is 35.8. The molecule has 0 spiro atoms. The first kappa shape index (κ1) is 57.6. The first-order valence-electron chi connectivity index (χ1n) is 23.4. The van der Waals surface area contributed by atoms with Crippen molar-refractivity contribution in [2.45, 2.75) is 179 Å². The molecule has 1 saturated heterocycles. The normalized spacial score (nSPS) is 20.8. The minimum absolute atomic E-state index is 0.0243. The lowest BCUT2D eigenvalue weighted by molar-refractivity contribution is -0.870. The van der Waals surface area contributed by atoms with Gasteiger partial charge in [0, 0.05) is 25.2 Å². The van der Waals surface area contributed by atoms with E-state index in [-0.39, 0.29) is 38.4 Å². The van der Waals surface area contributed by atoms with Crippen LogP contribution >= 0.6 is 7.82 Å². The summed E-state index contributed by atoms with van der Waals surface area (Å²) < 4.78 is 39.9. The molecule has 1 fully saturated rings. The van der Waals surface area contributed by atoms with E-state index in [1.54, 1.807) is 12.2 Å². The number of carbonyl (C=O) groups excluding carboxylic acids is 2. The van der Waals surface area contributed by atoms with Crippen LogP contribution in [-0.2, 0) is 37.4 Å². The van der Waals surface area contributed by atoms with E-state index in [9.17, 15) is 34.4 Å². The Hall–Kier alpha value is -2.45. The highest BCUT2D eigenvalue weighted by atomic mass is 31.2. The van der Waals surface area contributed by atoms with Gasteiger partial charge in [-0.1, -0.05) is 120 Å². The first-order chi connectivity index (χ1) is 29.7. The van der Waals surface area contributed by atoms with Crippen LogP contribution in [0.3, 0.4) is 0 Å². The van der Waals surface area contributed by atoms with Gasteiger partial charge in [0.15, 0.2) is 12.4 Å². The SMILES string of the molecule is CCCCC/C=C\C/C=C\C/C=C\CCCCCCC(=O)OC[C@H](COP(=O)(O)OCC[N+](C)(C)C)OC(=O)CCC/C=C\C[C@H]1[C@@H](O)CC(O)O[C@@H]1/C=C/[C@@H](O)CCCCC. The Morgan fingerprint density at radius 1 is 0.758 bits per heavy atom. The molecule has 1 aliphatic heterocycles. The maximum atomic E-state index is 12.8. The third-order valence-electron chi connectivity index (χ3n) is 10.3. The van der Waals surface area contributed by atoms with Gasteiger partial charge in [-0.25, -0.2) is 4.57 Å². The molecule has 4 N–H and O–H groups in total. The van der Waals surface area contributed by atoms with Crippen LogP contribution < -0.4 is 0 Å². The fraction of sp³-hybridized carbons (Fsp3) is 0.750. The number of esters is 2. The van der Waals surface area contributed by atoms with Gasteiger partial charge in [0.05, 0.1) is 46.1 Å². The summed E-state index contributed by atoms with van der Waals surface area (Å²) in [5.41, 5.74) is 0. The summed E-state index contributed by atoms with van der Waals surface area (Å²) in [6.45, 7) is 3.93. The predicted molar refractivity (Wildman–Crippen MR) is 246 cm³/mol. The summed E-state index contributed by atoms with van der Waals surface area (Å²) in [6, 6.07) is 0. The van der Waals surface area contributed by atoms with E-state index < -0.39 is 57.1 Å². The van der Waals surface area contributed by atoms with Gasteiger partial charge in [0.1, 0.15) is 19.8 Å². The molecule has 0 bridgehead atoms. The lowest BCUT2D eigenvalue weighted by Gasteiger charge is -2.36. The van der Waals surface area contributed by atoms with E-state index in [0.29, 0.717) is 43.1 Å². The van der Waals surface area contributed by atoms with E-state index in [1.807, 2.05) is 33.3 Å². The molecule has 2 unspecified atom stereocenters. The molecular weight excluding hydrogens is 813 g/mol. The molecule has 0 amide bonds. The van der Waals surface area contributed by atoms with Crippen LogP contribution in [0.25, 0.3) is 0 Å². The number of hydrogen-bond acceptors (Lipinski definition) is 11. The Balaban J connectivity index is 2.54. The molecule has 1 rings (SSSR count). The largest absolute Gasteiger partial charge is 0.472 e. The fourth-order valence-electron chi connectivity index (χ4n) is 6.53. The summed E-state index contributed by atoms with van der Waals surface area (Å²) in [5, 5.41) is 31.0. The maximum absolute atomic E-state index is 12.8. The smallest absolute Gasteiger partial charge is 0.462 e. The number of hydrogen-bond donors (Lipinski definition) is 4. The Morgan fingerprint density at radius 2 is 1.35 bits per heavy atom. The van der Waals surface area contributed by atoms with Gasteiger partial charge in [-0.05, 0) is 70.6 Å². The number of ether oxygens (including phenoxy) is 3. The zero-order chi connectivity index (χ0) is 45.9. The Kier molecular flexibility index (Phi) is 33.3. The van der Waals surface area contributed by atoms with Crippen molar-refractivity contribution in [3.63, 3.8) is 0 Å². The summed E-state index contributed by atoms with van der Waals surface area (Å²) in [4.78, 5) is 35.6. The van der Waals surface area contributed by atoms with Crippen molar-refractivity contribution in [1.29, 1.82) is 0 Å². The van der Waals surface area contributed by atoms with Crippen molar-refractivity contribution in [3.8, 4) is 0 Å².